The lowest BCUT2D eigenvalue weighted by Gasteiger charge is -2.30. The summed E-state index contributed by atoms with van der Waals surface area (Å²) in [6, 6.07) is 13.6. The Morgan fingerprint density at radius 2 is 1.71 bits per heavy atom. The third kappa shape index (κ3) is 9.24. The van der Waals surface area contributed by atoms with E-state index in [4.69, 9.17) is 18.9 Å². The molecule has 0 saturated carbocycles. The highest BCUT2D eigenvalue weighted by molar-refractivity contribution is 5.43. The molecule has 2 aromatic rings. The van der Waals surface area contributed by atoms with Crippen molar-refractivity contribution >= 4 is 0 Å². The van der Waals surface area contributed by atoms with Gasteiger partial charge in [-0.25, -0.2) is 0 Å². The number of piperidine rings is 1. The summed E-state index contributed by atoms with van der Waals surface area (Å²) in [5.41, 5.74) is 1.16. The summed E-state index contributed by atoms with van der Waals surface area (Å²) in [4.78, 5) is 2.48. The zero-order valence-electron chi connectivity index (χ0n) is 21.5. The maximum atomic E-state index is 10.3. The molecule has 0 bridgehead atoms. The van der Waals surface area contributed by atoms with Crippen molar-refractivity contribution in [2.45, 2.75) is 39.2 Å². The Labute approximate surface area is 210 Å². The molecule has 1 aliphatic heterocycles. The van der Waals surface area contributed by atoms with Gasteiger partial charge in [-0.3, -0.25) is 4.90 Å². The largest absolute Gasteiger partial charge is 0.493 e. The number of hydrogen-bond donors (Lipinski definition) is 2. The van der Waals surface area contributed by atoms with E-state index in [0.717, 1.165) is 55.6 Å². The van der Waals surface area contributed by atoms with E-state index in [2.05, 4.69) is 23.2 Å². The number of aliphatic hydroxyl groups excluding tert-OH is 1. The predicted molar refractivity (Wildman–Crippen MR) is 139 cm³/mol. The van der Waals surface area contributed by atoms with Gasteiger partial charge in [0.25, 0.3) is 0 Å². The van der Waals surface area contributed by atoms with E-state index in [1.54, 1.807) is 7.11 Å². The Morgan fingerprint density at radius 3 is 2.43 bits per heavy atom. The van der Waals surface area contributed by atoms with Gasteiger partial charge in [-0.2, -0.15) is 0 Å². The number of likely N-dealkylation sites (tertiary alicyclic amines) is 1. The topological polar surface area (TPSA) is 72.4 Å². The number of hydrogen-bond acceptors (Lipinski definition) is 7. The van der Waals surface area contributed by atoms with Crippen LogP contribution < -0.4 is 24.3 Å². The Bertz CT molecular complexity index is 870. The first-order valence-corrected chi connectivity index (χ1v) is 12.8. The Hall–Kier alpha value is -2.48. The first-order valence-electron chi connectivity index (χ1n) is 12.8. The van der Waals surface area contributed by atoms with Crippen LogP contribution in [0.4, 0.5) is 0 Å². The van der Waals surface area contributed by atoms with Crippen molar-refractivity contribution in [3.63, 3.8) is 0 Å². The maximum absolute atomic E-state index is 10.3. The molecule has 1 atom stereocenters. The van der Waals surface area contributed by atoms with Crippen molar-refractivity contribution in [2.24, 2.45) is 5.92 Å². The second-order valence-corrected chi connectivity index (χ2v) is 9.16. The number of methoxy groups -OCH3 is 1. The molecule has 35 heavy (non-hydrogen) atoms. The maximum Gasteiger partial charge on any atom is 0.161 e. The van der Waals surface area contributed by atoms with Crippen molar-refractivity contribution in [3.05, 3.63) is 48.0 Å². The first-order chi connectivity index (χ1) is 17.1. The van der Waals surface area contributed by atoms with E-state index < -0.39 is 6.10 Å². The van der Waals surface area contributed by atoms with E-state index in [-0.39, 0.29) is 6.61 Å². The van der Waals surface area contributed by atoms with Gasteiger partial charge in [0.15, 0.2) is 23.0 Å². The lowest BCUT2D eigenvalue weighted by atomic mass is 9.99. The number of aliphatic hydroxyl groups is 1. The summed E-state index contributed by atoms with van der Waals surface area (Å²) in [6.07, 6.45) is 2.76. The fourth-order valence-corrected chi connectivity index (χ4v) is 4.15. The van der Waals surface area contributed by atoms with Gasteiger partial charge >= 0.3 is 0 Å². The van der Waals surface area contributed by atoms with Crippen LogP contribution in [0, 0.1) is 5.92 Å². The van der Waals surface area contributed by atoms with Crippen molar-refractivity contribution in [3.8, 4) is 23.0 Å². The number of benzene rings is 2. The molecule has 194 valence electrons. The standard InChI is InChI=1S/C28H42N2O5/c1-4-33-25-7-5-6-8-26(25)35-21-24(31)20-29-14-11-23-9-10-27(28(19-23)32-3)34-18-17-30-15-12-22(2)13-16-30/h5-10,19,22,24,29,31H,4,11-18,20-21H2,1-3H3. The third-order valence-corrected chi connectivity index (χ3v) is 6.32. The molecule has 1 heterocycles. The highest BCUT2D eigenvalue weighted by Gasteiger charge is 2.15. The van der Waals surface area contributed by atoms with Crippen LogP contribution in [0.25, 0.3) is 0 Å². The summed E-state index contributed by atoms with van der Waals surface area (Å²) >= 11 is 0. The van der Waals surface area contributed by atoms with Gasteiger partial charge in [0, 0.05) is 13.1 Å². The molecule has 2 N–H and O–H groups in total. The summed E-state index contributed by atoms with van der Waals surface area (Å²) in [5, 5.41) is 13.6. The molecule has 0 aromatic heterocycles. The fourth-order valence-electron chi connectivity index (χ4n) is 4.15. The second-order valence-electron chi connectivity index (χ2n) is 9.16. The average Bonchev–Trinajstić information content (AvgIpc) is 2.88. The normalized spacial score (nSPS) is 15.5. The lowest BCUT2D eigenvalue weighted by molar-refractivity contribution is 0.104. The van der Waals surface area contributed by atoms with Crippen molar-refractivity contribution in [1.29, 1.82) is 0 Å². The molecule has 0 amide bonds. The molecule has 1 saturated heterocycles. The minimum Gasteiger partial charge on any atom is -0.493 e. The quantitative estimate of drug-likeness (QED) is 0.371. The van der Waals surface area contributed by atoms with Gasteiger partial charge in [-0.15, -0.1) is 0 Å². The van der Waals surface area contributed by atoms with E-state index in [0.29, 0.717) is 31.3 Å². The van der Waals surface area contributed by atoms with Gasteiger partial charge in [-0.1, -0.05) is 25.1 Å². The number of rotatable bonds is 15. The molecule has 0 spiro atoms. The highest BCUT2D eigenvalue weighted by atomic mass is 16.5. The lowest BCUT2D eigenvalue weighted by Crippen LogP contribution is -2.35. The van der Waals surface area contributed by atoms with E-state index >= 15 is 0 Å². The SMILES string of the molecule is CCOc1ccccc1OCC(O)CNCCc1ccc(OCCN2CCC(C)CC2)c(OC)c1. The average molecular weight is 487 g/mol. The van der Waals surface area contributed by atoms with Crippen LogP contribution in [0.5, 0.6) is 23.0 Å². The molecular weight excluding hydrogens is 444 g/mol. The van der Waals surface area contributed by atoms with Crippen LogP contribution >= 0.6 is 0 Å². The van der Waals surface area contributed by atoms with Crippen LogP contribution in [0.15, 0.2) is 42.5 Å². The summed E-state index contributed by atoms with van der Waals surface area (Å²) in [5.74, 6) is 3.73. The fraction of sp³-hybridized carbons (Fsp3) is 0.571. The van der Waals surface area contributed by atoms with Crippen LogP contribution in [0.3, 0.4) is 0 Å². The smallest absolute Gasteiger partial charge is 0.161 e. The molecule has 7 heteroatoms. The van der Waals surface area contributed by atoms with Gasteiger partial charge < -0.3 is 29.4 Å². The van der Waals surface area contributed by atoms with Gasteiger partial charge in [0.05, 0.1) is 13.7 Å². The highest BCUT2D eigenvalue weighted by Crippen LogP contribution is 2.28. The Morgan fingerprint density at radius 1 is 1.00 bits per heavy atom. The van der Waals surface area contributed by atoms with Gasteiger partial charge in [0.1, 0.15) is 19.3 Å². The van der Waals surface area contributed by atoms with Gasteiger partial charge in [0.2, 0.25) is 0 Å². The second kappa shape index (κ2) is 14.8. The van der Waals surface area contributed by atoms with E-state index in [9.17, 15) is 5.11 Å². The first kappa shape index (κ1) is 27.1. The minimum atomic E-state index is -0.613. The van der Waals surface area contributed by atoms with Crippen LogP contribution in [-0.2, 0) is 6.42 Å². The number of nitrogens with zero attached hydrogens (tertiary/aromatic N) is 1. The van der Waals surface area contributed by atoms with Crippen molar-refractivity contribution in [2.75, 3.05) is 59.7 Å². The molecular formula is C28H42N2O5. The van der Waals surface area contributed by atoms with Crippen LogP contribution in [0.2, 0.25) is 0 Å². The number of ether oxygens (including phenoxy) is 4. The zero-order chi connectivity index (χ0) is 24.9. The Balaban J connectivity index is 1.35. The molecule has 1 aliphatic rings. The molecule has 3 rings (SSSR count). The van der Waals surface area contributed by atoms with E-state index in [1.165, 1.54) is 12.8 Å². The summed E-state index contributed by atoms with van der Waals surface area (Å²) in [7, 11) is 1.68. The predicted octanol–water partition coefficient (Wildman–Crippen LogP) is 3.78. The van der Waals surface area contributed by atoms with E-state index in [1.807, 2.05) is 43.3 Å². The molecule has 1 fully saturated rings. The zero-order valence-corrected chi connectivity index (χ0v) is 21.5. The minimum absolute atomic E-state index is 0.202. The number of nitrogens with one attached hydrogen (secondary N) is 1. The third-order valence-electron chi connectivity index (χ3n) is 6.32. The van der Waals surface area contributed by atoms with Crippen molar-refractivity contribution < 1.29 is 24.1 Å². The van der Waals surface area contributed by atoms with Crippen molar-refractivity contribution in [1.82, 2.24) is 10.2 Å². The monoisotopic (exact) mass is 486 g/mol. The van der Waals surface area contributed by atoms with Crippen LogP contribution in [-0.4, -0.2) is 75.8 Å². The molecule has 1 unspecified atom stereocenters. The molecule has 0 aliphatic carbocycles. The molecule has 0 radical (unpaired) electrons. The van der Waals surface area contributed by atoms with Crippen LogP contribution in [0.1, 0.15) is 32.3 Å². The summed E-state index contributed by atoms with van der Waals surface area (Å²) < 4.78 is 22.9. The number of para-hydroxylation sites is 2. The molecule has 2 aromatic carbocycles. The summed E-state index contributed by atoms with van der Waals surface area (Å²) in [6.45, 7) is 10.2. The Kier molecular flexibility index (Phi) is 11.5. The molecule has 7 nitrogen and oxygen atoms in total. The van der Waals surface area contributed by atoms with Gasteiger partial charge in [-0.05, 0) is 81.6 Å².